The van der Waals surface area contributed by atoms with Crippen LogP contribution in [0, 0.1) is 16.0 Å². The molecule has 2 fully saturated rings. The molecule has 0 spiro atoms. The van der Waals surface area contributed by atoms with E-state index < -0.39 is 0 Å². The van der Waals surface area contributed by atoms with Crippen molar-refractivity contribution in [3.8, 4) is 0 Å². The van der Waals surface area contributed by atoms with Gasteiger partial charge in [0.15, 0.2) is 5.96 Å². The lowest BCUT2D eigenvalue weighted by molar-refractivity contribution is -0.384. The third-order valence-electron chi connectivity index (χ3n) is 5.70. The maximum absolute atomic E-state index is 10.8. The first-order valence-electron chi connectivity index (χ1n) is 10.6. The van der Waals surface area contributed by atoms with Gasteiger partial charge in [-0.1, -0.05) is 12.1 Å². The van der Waals surface area contributed by atoms with Crippen molar-refractivity contribution in [2.75, 3.05) is 52.6 Å². The minimum absolute atomic E-state index is 0.0317. The molecule has 9 heteroatoms. The summed E-state index contributed by atoms with van der Waals surface area (Å²) in [5.74, 6) is 1.24. The number of nitrogens with one attached hydrogen (secondary N) is 2. The monoisotopic (exact) mass is 419 g/mol. The average molecular weight is 420 g/mol. The normalized spacial score (nSPS) is 20.9. The SMILES string of the molecule is CC(C)(CNC(=NCc1ccc([N+](=O)[O-])cc1)NCC1CCOC1)N1CCOCC1. The molecule has 3 rings (SSSR count). The summed E-state index contributed by atoms with van der Waals surface area (Å²) in [4.78, 5) is 17.6. The number of nitrogens with zero attached hydrogens (tertiary/aromatic N) is 3. The molecule has 1 aromatic rings. The van der Waals surface area contributed by atoms with Crippen LogP contribution in [-0.4, -0.2) is 73.9 Å². The fourth-order valence-electron chi connectivity index (χ4n) is 3.63. The molecule has 0 amide bonds. The van der Waals surface area contributed by atoms with Crippen LogP contribution in [-0.2, 0) is 16.0 Å². The molecule has 2 heterocycles. The van der Waals surface area contributed by atoms with E-state index in [0.717, 1.165) is 70.6 Å². The van der Waals surface area contributed by atoms with Crippen LogP contribution >= 0.6 is 0 Å². The second-order valence-electron chi connectivity index (χ2n) is 8.46. The van der Waals surface area contributed by atoms with Crippen molar-refractivity contribution >= 4 is 11.6 Å². The molecule has 0 bridgehead atoms. The number of non-ortho nitro benzene ring substituents is 1. The van der Waals surface area contributed by atoms with Crippen LogP contribution in [0.5, 0.6) is 0 Å². The van der Waals surface area contributed by atoms with Crippen molar-refractivity contribution in [3.63, 3.8) is 0 Å². The van der Waals surface area contributed by atoms with E-state index in [1.165, 1.54) is 12.1 Å². The van der Waals surface area contributed by atoms with E-state index in [-0.39, 0.29) is 16.1 Å². The van der Waals surface area contributed by atoms with Gasteiger partial charge in [-0.15, -0.1) is 0 Å². The van der Waals surface area contributed by atoms with Crippen LogP contribution in [0.15, 0.2) is 29.3 Å². The fourth-order valence-corrected chi connectivity index (χ4v) is 3.63. The summed E-state index contributed by atoms with van der Waals surface area (Å²) in [5, 5.41) is 17.8. The van der Waals surface area contributed by atoms with E-state index in [0.29, 0.717) is 12.5 Å². The summed E-state index contributed by atoms with van der Waals surface area (Å²) < 4.78 is 10.9. The number of nitro benzene ring substituents is 1. The van der Waals surface area contributed by atoms with Gasteiger partial charge in [0.1, 0.15) is 0 Å². The Labute approximate surface area is 178 Å². The maximum Gasteiger partial charge on any atom is 0.269 e. The number of hydrogen-bond donors (Lipinski definition) is 2. The summed E-state index contributed by atoms with van der Waals surface area (Å²) in [5.41, 5.74) is 0.988. The van der Waals surface area contributed by atoms with Crippen molar-refractivity contribution in [3.05, 3.63) is 39.9 Å². The summed E-state index contributed by atoms with van der Waals surface area (Å²) in [7, 11) is 0. The zero-order valence-electron chi connectivity index (χ0n) is 17.9. The van der Waals surface area contributed by atoms with Crippen LogP contribution in [0.2, 0.25) is 0 Å². The predicted molar refractivity (Wildman–Crippen MR) is 116 cm³/mol. The molecule has 2 saturated heterocycles. The number of benzene rings is 1. The van der Waals surface area contributed by atoms with E-state index in [1.54, 1.807) is 12.1 Å². The largest absolute Gasteiger partial charge is 0.381 e. The van der Waals surface area contributed by atoms with Crippen molar-refractivity contribution in [2.45, 2.75) is 32.4 Å². The second kappa shape index (κ2) is 10.7. The zero-order valence-corrected chi connectivity index (χ0v) is 17.9. The van der Waals surface area contributed by atoms with Crippen LogP contribution in [0.4, 0.5) is 5.69 Å². The van der Waals surface area contributed by atoms with Crippen LogP contribution in [0.1, 0.15) is 25.8 Å². The predicted octanol–water partition coefficient (Wildman–Crippen LogP) is 1.78. The van der Waals surface area contributed by atoms with Gasteiger partial charge >= 0.3 is 0 Å². The van der Waals surface area contributed by atoms with Gasteiger partial charge in [-0.3, -0.25) is 15.0 Å². The average Bonchev–Trinajstić information content (AvgIpc) is 3.28. The highest BCUT2D eigenvalue weighted by atomic mass is 16.6. The smallest absolute Gasteiger partial charge is 0.269 e. The molecular formula is C21H33N5O4. The maximum atomic E-state index is 10.8. The molecule has 1 aromatic carbocycles. The fraction of sp³-hybridized carbons (Fsp3) is 0.667. The van der Waals surface area contributed by atoms with Gasteiger partial charge in [-0.05, 0) is 25.8 Å². The Morgan fingerprint density at radius 3 is 2.57 bits per heavy atom. The highest BCUT2D eigenvalue weighted by Crippen LogP contribution is 2.16. The van der Waals surface area contributed by atoms with Crippen molar-refractivity contribution < 1.29 is 14.4 Å². The first-order valence-corrected chi connectivity index (χ1v) is 10.6. The second-order valence-corrected chi connectivity index (χ2v) is 8.46. The van der Waals surface area contributed by atoms with E-state index in [4.69, 9.17) is 14.5 Å². The van der Waals surface area contributed by atoms with Crippen LogP contribution < -0.4 is 10.6 Å². The molecule has 166 valence electrons. The number of rotatable bonds is 8. The van der Waals surface area contributed by atoms with E-state index in [9.17, 15) is 10.1 Å². The Bertz CT molecular complexity index is 711. The van der Waals surface area contributed by atoms with Crippen molar-refractivity contribution in [2.24, 2.45) is 10.9 Å². The molecule has 0 radical (unpaired) electrons. The third-order valence-corrected chi connectivity index (χ3v) is 5.70. The number of ether oxygens (including phenoxy) is 2. The Hall–Kier alpha value is -2.23. The van der Waals surface area contributed by atoms with E-state index in [1.807, 2.05) is 0 Å². The lowest BCUT2D eigenvalue weighted by atomic mass is 10.0. The van der Waals surface area contributed by atoms with Crippen LogP contribution in [0.3, 0.4) is 0 Å². The molecule has 1 atom stereocenters. The summed E-state index contributed by atoms with van der Waals surface area (Å²) in [6.45, 7) is 11.5. The van der Waals surface area contributed by atoms with Gasteiger partial charge in [-0.25, -0.2) is 4.99 Å². The lowest BCUT2D eigenvalue weighted by Gasteiger charge is -2.41. The standard InChI is InChI=1S/C21H33N5O4/c1-21(2,25-8-11-29-12-9-25)16-24-20(23-14-18-7-10-30-15-18)22-13-17-3-5-19(6-4-17)26(27)28/h3-6,18H,7-16H2,1-2H3,(H2,22,23,24). The third kappa shape index (κ3) is 6.65. The molecule has 2 aliphatic rings. The molecule has 0 aliphatic carbocycles. The van der Waals surface area contributed by atoms with Gasteiger partial charge in [0.25, 0.3) is 5.69 Å². The van der Waals surface area contributed by atoms with Gasteiger partial charge in [0, 0.05) is 56.4 Å². The Morgan fingerprint density at radius 2 is 1.93 bits per heavy atom. The molecule has 0 aromatic heterocycles. The van der Waals surface area contributed by atoms with Gasteiger partial charge < -0.3 is 20.1 Å². The van der Waals surface area contributed by atoms with Crippen LogP contribution in [0.25, 0.3) is 0 Å². The molecule has 1 unspecified atom stereocenters. The minimum Gasteiger partial charge on any atom is -0.381 e. The molecule has 2 aliphatic heterocycles. The zero-order chi connectivity index (χ0) is 21.4. The Kier molecular flexibility index (Phi) is 8.01. The first-order chi connectivity index (χ1) is 14.4. The van der Waals surface area contributed by atoms with E-state index >= 15 is 0 Å². The molecule has 30 heavy (non-hydrogen) atoms. The van der Waals surface area contributed by atoms with Gasteiger partial charge in [-0.2, -0.15) is 0 Å². The van der Waals surface area contributed by atoms with E-state index in [2.05, 4.69) is 29.4 Å². The number of morpholine rings is 1. The number of aliphatic imine (C=N–C) groups is 1. The molecular weight excluding hydrogens is 386 g/mol. The first kappa shape index (κ1) is 22.5. The van der Waals surface area contributed by atoms with Gasteiger partial charge in [0.05, 0.1) is 31.3 Å². The van der Waals surface area contributed by atoms with Crippen molar-refractivity contribution in [1.29, 1.82) is 0 Å². The highest BCUT2D eigenvalue weighted by Gasteiger charge is 2.28. The number of hydrogen-bond acceptors (Lipinski definition) is 6. The van der Waals surface area contributed by atoms with Crippen molar-refractivity contribution in [1.82, 2.24) is 15.5 Å². The summed E-state index contributed by atoms with van der Waals surface area (Å²) in [6, 6.07) is 6.54. The molecule has 2 N–H and O–H groups in total. The topological polar surface area (TPSA) is 101 Å². The molecule has 0 saturated carbocycles. The summed E-state index contributed by atoms with van der Waals surface area (Å²) in [6.07, 6.45) is 1.06. The lowest BCUT2D eigenvalue weighted by Crippen LogP contribution is -2.56. The molecule has 9 nitrogen and oxygen atoms in total. The number of nitro groups is 1. The Morgan fingerprint density at radius 1 is 1.20 bits per heavy atom. The highest BCUT2D eigenvalue weighted by molar-refractivity contribution is 5.79. The van der Waals surface area contributed by atoms with Gasteiger partial charge in [0.2, 0.25) is 0 Å². The summed E-state index contributed by atoms with van der Waals surface area (Å²) >= 11 is 0. The quantitative estimate of drug-likeness (QED) is 0.287. The minimum atomic E-state index is -0.390. The number of guanidine groups is 1. The Balaban J connectivity index is 1.60.